The predicted octanol–water partition coefficient (Wildman–Crippen LogP) is 0.637. The van der Waals surface area contributed by atoms with Crippen molar-refractivity contribution < 1.29 is 14.3 Å². The van der Waals surface area contributed by atoms with Crippen molar-refractivity contribution in [1.29, 1.82) is 0 Å². The number of carbonyl (C=O) groups excluding carboxylic acids is 1. The Balaban J connectivity index is 2.33. The smallest absolute Gasteiger partial charge is 0.265 e. The second kappa shape index (κ2) is 9.30. The van der Waals surface area contributed by atoms with Crippen LogP contribution in [0.1, 0.15) is 16.8 Å². The van der Waals surface area contributed by atoms with Crippen molar-refractivity contribution in [2.45, 2.75) is 6.42 Å². The Bertz CT molecular complexity index is 412. The van der Waals surface area contributed by atoms with E-state index < -0.39 is 0 Å². The minimum absolute atomic E-state index is 0.327. The fraction of sp³-hybridized carbons (Fsp3) is 0.500. The molecule has 0 aliphatic heterocycles. The number of nitrogens with zero attached hydrogens (tertiary/aromatic N) is 1. The quantitative estimate of drug-likeness (QED) is 0.301. The molecule has 0 bridgehead atoms. The van der Waals surface area contributed by atoms with Crippen LogP contribution < -0.4 is 16.0 Å². The van der Waals surface area contributed by atoms with Crippen LogP contribution in [0.2, 0.25) is 0 Å². The molecule has 3 N–H and O–H groups in total. The van der Waals surface area contributed by atoms with E-state index in [0.29, 0.717) is 17.9 Å². The molecule has 0 unspecified atom stereocenters. The molecule has 0 spiro atoms. The Morgan fingerprint density at radius 3 is 2.85 bits per heavy atom. The fourth-order valence-corrected chi connectivity index (χ4v) is 1.72. The Morgan fingerprint density at radius 2 is 2.15 bits per heavy atom. The summed E-state index contributed by atoms with van der Waals surface area (Å²) in [6.07, 6.45) is 0.999. The van der Waals surface area contributed by atoms with Crippen molar-refractivity contribution >= 4 is 5.91 Å². The Hall–Kier alpha value is -1.63. The lowest BCUT2D eigenvalue weighted by Gasteiger charge is -2.16. The largest absolute Gasteiger partial charge is 0.492 e. The van der Waals surface area contributed by atoms with Crippen molar-refractivity contribution in [2.24, 2.45) is 5.84 Å². The summed E-state index contributed by atoms with van der Waals surface area (Å²) in [7, 11) is 3.74. The lowest BCUT2D eigenvalue weighted by atomic mass is 10.2. The number of nitrogens with two attached hydrogens (primary N) is 1. The molecule has 1 aromatic carbocycles. The lowest BCUT2D eigenvalue weighted by molar-refractivity contribution is 0.0953. The van der Waals surface area contributed by atoms with Gasteiger partial charge < -0.3 is 14.4 Å². The standard InChI is InChI=1S/C14H23N3O3/c1-17(7-4-9-19-2)8-10-20-13-6-3-5-12(11-13)14(18)16-15/h3,5-6,11H,4,7-10,15H2,1-2H3,(H,16,18). The second-order valence-corrected chi connectivity index (χ2v) is 4.50. The van der Waals surface area contributed by atoms with E-state index in [-0.39, 0.29) is 5.91 Å². The molecule has 0 fully saturated rings. The van der Waals surface area contributed by atoms with Gasteiger partial charge in [-0.05, 0) is 31.7 Å². The van der Waals surface area contributed by atoms with Gasteiger partial charge in [-0.25, -0.2) is 5.84 Å². The molecule has 0 aromatic heterocycles. The summed E-state index contributed by atoms with van der Waals surface area (Å²) in [6, 6.07) is 6.94. The molecule has 6 nitrogen and oxygen atoms in total. The van der Waals surface area contributed by atoms with Gasteiger partial charge in [-0.2, -0.15) is 0 Å². The summed E-state index contributed by atoms with van der Waals surface area (Å²) in [5, 5.41) is 0. The molecule has 0 saturated carbocycles. The zero-order valence-electron chi connectivity index (χ0n) is 12.1. The van der Waals surface area contributed by atoms with Gasteiger partial charge in [0.05, 0.1) is 0 Å². The first kappa shape index (κ1) is 16.4. The summed E-state index contributed by atoms with van der Waals surface area (Å²) in [5.74, 6) is 5.43. The average molecular weight is 281 g/mol. The number of nitrogen functional groups attached to an aromatic ring is 1. The van der Waals surface area contributed by atoms with Gasteiger partial charge in [0.2, 0.25) is 0 Å². The minimum atomic E-state index is -0.327. The zero-order valence-corrected chi connectivity index (χ0v) is 12.1. The molecule has 0 heterocycles. The number of hydrogen-bond donors (Lipinski definition) is 2. The van der Waals surface area contributed by atoms with Gasteiger partial charge in [-0.15, -0.1) is 0 Å². The van der Waals surface area contributed by atoms with E-state index in [0.717, 1.165) is 26.1 Å². The van der Waals surface area contributed by atoms with E-state index in [9.17, 15) is 4.79 Å². The summed E-state index contributed by atoms with van der Waals surface area (Å²) in [6.45, 7) is 3.11. The number of likely N-dealkylation sites (N-methyl/N-ethyl adjacent to an activating group) is 1. The number of hydrogen-bond acceptors (Lipinski definition) is 5. The number of ether oxygens (including phenoxy) is 2. The van der Waals surface area contributed by atoms with Crippen LogP contribution in [-0.2, 0) is 4.74 Å². The van der Waals surface area contributed by atoms with Gasteiger partial charge in [-0.3, -0.25) is 10.2 Å². The third kappa shape index (κ3) is 6.01. The van der Waals surface area contributed by atoms with Crippen LogP contribution in [0.15, 0.2) is 24.3 Å². The molecule has 0 saturated heterocycles. The van der Waals surface area contributed by atoms with Crippen LogP contribution in [-0.4, -0.2) is 51.3 Å². The lowest BCUT2D eigenvalue weighted by Crippen LogP contribution is -2.30. The molecule has 6 heteroatoms. The Morgan fingerprint density at radius 1 is 1.35 bits per heavy atom. The molecular weight excluding hydrogens is 258 g/mol. The van der Waals surface area contributed by atoms with E-state index >= 15 is 0 Å². The third-order valence-electron chi connectivity index (χ3n) is 2.86. The highest BCUT2D eigenvalue weighted by molar-refractivity contribution is 5.94. The average Bonchev–Trinajstić information content (AvgIpc) is 2.47. The fourth-order valence-electron chi connectivity index (χ4n) is 1.72. The Kier molecular flexibility index (Phi) is 7.64. The topological polar surface area (TPSA) is 76.8 Å². The second-order valence-electron chi connectivity index (χ2n) is 4.50. The van der Waals surface area contributed by atoms with Gasteiger partial charge >= 0.3 is 0 Å². The SMILES string of the molecule is COCCCN(C)CCOc1cccc(C(=O)NN)c1. The van der Waals surface area contributed by atoms with E-state index in [4.69, 9.17) is 15.3 Å². The number of carbonyl (C=O) groups is 1. The number of methoxy groups -OCH3 is 1. The van der Waals surface area contributed by atoms with Crippen molar-refractivity contribution in [3.63, 3.8) is 0 Å². The highest BCUT2D eigenvalue weighted by atomic mass is 16.5. The summed E-state index contributed by atoms with van der Waals surface area (Å²) < 4.78 is 10.6. The molecule has 1 rings (SSSR count). The summed E-state index contributed by atoms with van der Waals surface area (Å²) >= 11 is 0. The molecule has 0 radical (unpaired) electrons. The number of nitrogens with one attached hydrogen (secondary N) is 1. The molecule has 1 amide bonds. The monoisotopic (exact) mass is 281 g/mol. The zero-order chi connectivity index (χ0) is 14.8. The number of benzene rings is 1. The van der Waals surface area contributed by atoms with E-state index in [1.54, 1.807) is 25.3 Å². The van der Waals surface area contributed by atoms with E-state index in [1.165, 1.54) is 0 Å². The molecule has 1 aromatic rings. The summed E-state index contributed by atoms with van der Waals surface area (Å²) in [4.78, 5) is 13.6. The van der Waals surface area contributed by atoms with Gasteiger partial charge in [0.1, 0.15) is 12.4 Å². The Labute approximate surface area is 119 Å². The molecule has 0 atom stereocenters. The molecular formula is C14H23N3O3. The van der Waals surface area contributed by atoms with Crippen molar-refractivity contribution in [1.82, 2.24) is 10.3 Å². The van der Waals surface area contributed by atoms with Crippen LogP contribution in [0.5, 0.6) is 5.75 Å². The first-order valence-electron chi connectivity index (χ1n) is 6.58. The normalized spacial score (nSPS) is 10.6. The van der Waals surface area contributed by atoms with Crippen LogP contribution in [0.3, 0.4) is 0 Å². The van der Waals surface area contributed by atoms with Crippen LogP contribution in [0, 0.1) is 0 Å². The number of rotatable bonds is 9. The summed E-state index contributed by atoms with van der Waals surface area (Å²) in [5.41, 5.74) is 2.58. The number of hydrazine groups is 1. The number of amides is 1. The van der Waals surface area contributed by atoms with Crippen molar-refractivity contribution in [3.05, 3.63) is 29.8 Å². The van der Waals surface area contributed by atoms with Gasteiger partial charge in [-0.1, -0.05) is 6.07 Å². The van der Waals surface area contributed by atoms with Crippen LogP contribution in [0.25, 0.3) is 0 Å². The predicted molar refractivity (Wildman–Crippen MR) is 77.6 cm³/mol. The molecule has 20 heavy (non-hydrogen) atoms. The van der Waals surface area contributed by atoms with Gasteiger partial charge in [0.25, 0.3) is 5.91 Å². The van der Waals surface area contributed by atoms with Gasteiger partial charge in [0, 0.05) is 32.4 Å². The minimum Gasteiger partial charge on any atom is -0.492 e. The maximum atomic E-state index is 11.4. The first-order chi connectivity index (χ1) is 9.67. The highest BCUT2D eigenvalue weighted by Gasteiger charge is 2.05. The van der Waals surface area contributed by atoms with E-state index in [2.05, 4.69) is 10.3 Å². The maximum absolute atomic E-state index is 11.4. The van der Waals surface area contributed by atoms with E-state index in [1.807, 2.05) is 13.1 Å². The molecule has 112 valence electrons. The maximum Gasteiger partial charge on any atom is 0.265 e. The van der Waals surface area contributed by atoms with Crippen molar-refractivity contribution in [2.75, 3.05) is 40.5 Å². The molecule has 0 aliphatic rings. The third-order valence-corrected chi connectivity index (χ3v) is 2.86. The highest BCUT2D eigenvalue weighted by Crippen LogP contribution is 2.13. The van der Waals surface area contributed by atoms with Crippen LogP contribution >= 0.6 is 0 Å². The first-order valence-corrected chi connectivity index (χ1v) is 6.58. The van der Waals surface area contributed by atoms with Gasteiger partial charge in [0.15, 0.2) is 0 Å². The van der Waals surface area contributed by atoms with Crippen LogP contribution in [0.4, 0.5) is 0 Å². The molecule has 0 aliphatic carbocycles. The van der Waals surface area contributed by atoms with Crippen molar-refractivity contribution in [3.8, 4) is 5.75 Å².